The fourth-order valence-corrected chi connectivity index (χ4v) is 1.91. The number of benzene rings is 1. The van der Waals surface area contributed by atoms with Crippen molar-refractivity contribution in [3.63, 3.8) is 0 Å². The Balaban J connectivity index is 1.77. The number of hydrogen-bond acceptors (Lipinski definition) is 3. The largest absolute Gasteiger partial charge is 0.392 e. The van der Waals surface area contributed by atoms with Gasteiger partial charge in [-0.25, -0.2) is 0 Å². The van der Waals surface area contributed by atoms with Gasteiger partial charge >= 0.3 is 0 Å². The molecule has 94 valence electrons. The minimum absolute atomic E-state index is 0.0947. The first-order valence-corrected chi connectivity index (χ1v) is 6.12. The molecule has 0 aliphatic carbocycles. The fraction of sp³-hybridized carbons (Fsp3) is 0.571. The predicted octanol–water partition coefficient (Wildman–Crippen LogP) is 2.12. The van der Waals surface area contributed by atoms with E-state index in [4.69, 9.17) is 14.6 Å². The molecule has 0 spiro atoms. The third-order valence-corrected chi connectivity index (χ3v) is 3.45. The SMILES string of the molecule is CCC1(COCc2ccc(CO)cc2)COC1. The van der Waals surface area contributed by atoms with Gasteiger partial charge in [0.2, 0.25) is 0 Å². The molecule has 0 bridgehead atoms. The summed E-state index contributed by atoms with van der Waals surface area (Å²) in [4.78, 5) is 0. The lowest BCUT2D eigenvalue weighted by Crippen LogP contribution is -2.45. The van der Waals surface area contributed by atoms with Gasteiger partial charge in [-0.2, -0.15) is 0 Å². The monoisotopic (exact) mass is 236 g/mol. The zero-order chi connectivity index (χ0) is 12.1. The van der Waals surface area contributed by atoms with Crippen molar-refractivity contribution in [2.45, 2.75) is 26.6 Å². The van der Waals surface area contributed by atoms with E-state index >= 15 is 0 Å². The molecule has 0 unspecified atom stereocenters. The zero-order valence-electron chi connectivity index (χ0n) is 10.3. The van der Waals surface area contributed by atoms with Gasteiger partial charge in [0, 0.05) is 5.41 Å². The van der Waals surface area contributed by atoms with Crippen molar-refractivity contribution in [3.8, 4) is 0 Å². The smallest absolute Gasteiger partial charge is 0.0717 e. The molecule has 0 aromatic heterocycles. The van der Waals surface area contributed by atoms with Gasteiger partial charge in [-0.3, -0.25) is 0 Å². The van der Waals surface area contributed by atoms with Gasteiger partial charge in [-0.1, -0.05) is 31.2 Å². The Morgan fingerprint density at radius 3 is 2.35 bits per heavy atom. The Bertz CT molecular complexity index is 335. The molecule has 0 atom stereocenters. The van der Waals surface area contributed by atoms with E-state index in [1.807, 2.05) is 24.3 Å². The molecule has 1 heterocycles. The molecular weight excluding hydrogens is 216 g/mol. The first-order chi connectivity index (χ1) is 8.28. The molecule has 1 aromatic carbocycles. The van der Waals surface area contributed by atoms with Gasteiger partial charge in [0.25, 0.3) is 0 Å². The van der Waals surface area contributed by atoms with Crippen LogP contribution in [-0.4, -0.2) is 24.9 Å². The number of hydrogen-bond donors (Lipinski definition) is 1. The predicted molar refractivity (Wildman–Crippen MR) is 65.6 cm³/mol. The van der Waals surface area contributed by atoms with E-state index in [2.05, 4.69) is 6.92 Å². The fourth-order valence-electron chi connectivity index (χ4n) is 1.91. The Morgan fingerprint density at radius 2 is 1.88 bits per heavy atom. The van der Waals surface area contributed by atoms with Gasteiger partial charge in [0.05, 0.1) is 33.0 Å². The van der Waals surface area contributed by atoms with Crippen molar-refractivity contribution in [2.75, 3.05) is 19.8 Å². The highest BCUT2D eigenvalue weighted by Gasteiger charge is 2.36. The van der Waals surface area contributed by atoms with E-state index < -0.39 is 0 Å². The molecule has 1 aliphatic heterocycles. The van der Waals surface area contributed by atoms with Crippen LogP contribution in [0.3, 0.4) is 0 Å². The lowest BCUT2D eigenvalue weighted by Gasteiger charge is -2.40. The maximum absolute atomic E-state index is 8.94. The van der Waals surface area contributed by atoms with Crippen molar-refractivity contribution in [3.05, 3.63) is 35.4 Å². The Morgan fingerprint density at radius 1 is 1.24 bits per heavy atom. The zero-order valence-corrected chi connectivity index (χ0v) is 10.3. The van der Waals surface area contributed by atoms with Crippen molar-refractivity contribution in [1.29, 1.82) is 0 Å². The van der Waals surface area contributed by atoms with Crippen LogP contribution in [0.5, 0.6) is 0 Å². The molecule has 3 nitrogen and oxygen atoms in total. The summed E-state index contributed by atoms with van der Waals surface area (Å²) in [5.41, 5.74) is 2.34. The molecule has 2 rings (SSSR count). The third kappa shape index (κ3) is 3.06. The highest BCUT2D eigenvalue weighted by Crippen LogP contribution is 2.31. The maximum atomic E-state index is 8.94. The Kier molecular flexibility index (Phi) is 4.15. The molecule has 17 heavy (non-hydrogen) atoms. The first-order valence-electron chi connectivity index (χ1n) is 6.12. The second-order valence-corrected chi connectivity index (χ2v) is 4.81. The standard InChI is InChI=1S/C14H20O3/c1-2-14(10-17-11-14)9-16-8-13-5-3-12(7-15)4-6-13/h3-6,15H,2,7-11H2,1H3. The average molecular weight is 236 g/mol. The minimum atomic E-state index is 0.0947. The Hall–Kier alpha value is -0.900. The van der Waals surface area contributed by atoms with Crippen LogP contribution in [0.25, 0.3) is 0 Å². The van der Waals surface area contributed by atoms with Crippen LogP contribution in [0, 0.1) is 5.41 Å². The highest BCUT2D eigenvalue weighted by molar-refractivity contribution is 5.21. The molecule has 0 amide bonds. The van der Waals surface area contributed by atoms with Crippen LogP contribution in [0.1, 0.15) is 24.5 Å². The maximum Gasteiger partial charge on any atom is 0.0717 e. The van der Waals surface area contributed by atoms with E-state index in [0.29, 0.717) is 6.61 Å². The summed E-state index contributed by atoms with van der Waals surface area (Å²) in [6, 6.07) is 7.87. The lowest BCUT2D eigenvalue weighted by molar-refractivity contribution is -0.152. The van der Waals surface area contributed by atoms with Crippen LogP contribution in [0.2, 0.25) is 0 Å². The molecule has 1 saturated heterocycles. The minimum Gasteiger partial charge on any atom is -0.392 e. The normalized spacial score (nSPS) is 17.8. The van der Waals surface area contributed by atoms with Crippen molar-refractivity contribution < 1.29 is 14.6 Å². The summed E-state index contributed by atoms with van der Waals surface area (Å²) < 4.78 is 11.0. The number of aliphatic hydroxyl groups excluding tert-OH is 1. The molecule has 1 aromatic rings. The van der Waals surface area contributed by atoms with E-state index in [1.165, 1.54) is 0 Å². The highest BCUT2D eigenvalue weighted by atomic mass is 16.5. The molecule has 0 saturated carbocycles. The van der Waals surface area contributed by atoms with Crippen LogP contribution < -0.4 is 0 Å². The van der Waals surface area contributed by atoms with Crippen molar-refractivity contribution >= 4 is 0 Å². The first kappa shape index (κ1) is 12.6. The second kappa shape index (κ2) is 5.63. The van der Waals surface area contributed by atoms with E-state index in [1.54, 1.807) is 0 Å². The molecule has 0 radical (unpaired) electrons. The van der Waals surface area contributed by atoms with Crippen LogP contribution in [0.15, 0.2) is 24.3 Å². The van der Waals surface area contributed by atoms with E-state index in [-0.39, 0.29) is 12.0 Å². The molecule has 1 N–H and O–H groups in total. The van der Waals surface area contributed by atoms with E-state index in [9.17, 15) is 0 Å². The van der Waals surface area contributed by atoms with Gasteiger partial charge < -0.3 is 14.6 Å². The molecule has 1 fully saturated rings. The topological polar surface area (TPSA) is 38.7 Å². The molecule has 3 heteroatoms. The van der Waals surface area contributed by atoms with Crippen molar-refractivity contribution in [1.82, 2.24) is 0 Å². The average Bonchev–Trinajstić information content (AvgIpc) is 2.33. The van der Waals surface area contributed by atoms with Gasteiger partial charge in [-0.05, 0) is 17.5 Å². The summed E-state index contributed by atoms with van der Waals surface area (Å²) in [6.45, 7) is 5.33. The van der Waals surface area contributed by atoms with Crippen molar-refractivity contribution in [2.24, 2.45) is 5.41 Å². The van der Waals surface area contributed by atoms with Crippen LogP contribution in [0.4, 0.5) is 0 Å². The summed E-state index contributed by atoms with van der Waals surface area (Å²) in [7, 11) is 0. The molecular formula is C14H20O3. The second-order valence-electron chi connectivity index (χ2n) is 4.81. The van der Waals surface area contributed by atoms with Crippen LogP contribution in [-0.2, 0) is 22.7 Å². The number of aliphatic hydroxyl groups is 1. The Labute approximate surface area is 102 Å². The lowest BCUT2D eigenvalue weighted by atomic mass is 9.84. The summed E-state index contributed by atoms with van der Waals surface area (Å²) in [6.07, 6.45) is 1.11. The summed E-state index contributed by atoms with van der Waals surface area (Å²) in [5, 5.41) is 8.94. The van der Waals surface area contributed by atoms with E-state index in [0.717, 1.165) is 37.4 Å². The van der Waals surface area contributed by atoms with Gasteiger partial charge in [0.1, 0.15) is 0 Å². The third-order valence-electron chi connectivity index (χ3n) is 3.45. The number of ether oxygens (including phenoxy) is 2. The summed E-state index contributed by atoms with van der Waals surface area (Å²) in [5.74, 6) is 0. The van der Waals surface area contributed by atoms with Gasteiger partial charge in [0.15, 0.2) is 0 Å². The number of rotatable bonds is 6. The quantitative estimate of drug-likeness (QED) is 0.822. The molecule has 1 aliphatic rings. The summed E-state index contributed by atoms with van der Waals surface area (Å²) >= 11 is 0. The van der Waals surface area contributed by atoms with Crippen LogP contribution >= 0.6 is 0 Å². The van der Waals surface area contributed by atoms with Gasteiger partial charge in [-0.15, -0.1) is 0 Å².